The van der Waals surface area contributed by atoms with Crippen molar-refractivity contribution in [3.05, 3.63) is 24.3 Å². The van der Waals surface area contributed by atoms with Gasteiger partial charge in [-0.3, -0.25) is 0 Å². The number of hydrogen-bond acceptors (Lipinski definition) is 4. The molecule has 0 bridgehead atoms. The number of nitrogen functional groups attached to an aromatic ring is 1. The normalized spacial score (nSPS) is 12.1. The van der Waals surface area contributed by atoms with Crippen LogP contribution in [0.15, 0.2) is 24.3 Å². The van der Waals surface area contributed by atoms with Crippen LogP contribution in [-0.4, -0.2) is 39.0 Å². The maximum Gasteiger partial charge on any atom is 0.279 e. The van der Waals surface area contributed by atoms with Gasteiger partial charge in [0, 0.05) is 31.4 Å². The Kier molecular flexibility index (Phi) is 5.59. The van der Waals surface area contributed by atoms with Gasteiger partial charge in [0.2, 0.25) is 0 Å². The van der Waals surface area contributed by atoms with Gasteiger partial charge >= 0.3 is 0 Å². The van der Waals surface area contributed by atoms with Gasteiger partial charge in [0.1, 0.15) is 12.4 Å². The van der Waals surface area contributed by atoms with Crippen LogP contribution in [0.2, 0.25) is 0 Å². The van der Waals surface area contributed by atoms with Gasteiger partial charge < -0.3 is 10.5 Å². The third kappa shape index (κ3) is 5.06. The molecule has 1 aromatic rings. The zero-order valence-corrected chi connectivity index (χ0v) is 12.3. The van der Waals surface area contributed by atoms with Gasteiger partial charge in [-0.15, -0.1) is 0 Å². The van der Waals surface area contributed by atoms with Crippen molar-refractivity contribution in [2.45, 2.75) is 19.9 Å². The Morgan fingerprint density at radius 3 is 2.68 bits per heavy atom. The molecule has 0 saturated carbocycles. The van der Waals surface area contributed by atoms with Crippen LogP contribution in [0.1, 0.15) is 13.8 Å². The molecule has 0 aliphatic carbocycles. The summed E-state index contributed by atoms with van der Waals surface area (Å²) in [7, 11) is -1.91. The van der Waals surface area contributed by atoms with Crippen molar-refractivity contribution in [3.8, 4) is 5.75 Å². The molecule has 7 heteroatoms. The fraction of sp³-hybridized carbons (Fsp3) is 0.500. The van der Waals surface area contributed by atoms with E-state index in [4.69, 9.17) is 10.5 Å². The molecule has 1 aromatic carbocycles. The quantitative estimate of drug-likeness (QED) is 0.574. The molecule has 0 heterocycles. The SMILES string of the molecule is CC(C)N(C)S(=O)(=O)NCCOc1cccc(N)c1. The highest BCUT2D eigenvalue weighted by atomic mass is 32.2. The van der Waals surface area contributed by atoms with Crippen LogP contribution in [-0.2, 0) is 10.2 Å². The van der Waals surface area contributed by atoms with E-state index in [0.717, 1.165) is 0 Å². The molecule has 19 heavy (non-hydrogen) atoms. The second-order valence-electron chi connectivity index (χ2n) is 4.43. The van der Waals surface area contributed by atoms with E-state index in [-0.39, 0.29) is 19.2 Å². The average molecular weight is 287 g/mol. The van der Waals surface area contributed by atoms with Gasteiger partial charge in [-0.1, -0.05) is 6.07 Å². The summed E-state index contributed by atoms with van der Waals surface area (Å²) in [6.07, 6.45) is 0. The maximum absolute atomic E-state index is 11.8. The number of rotatable bonds is 7. The summed E-state index contributed by atoms with van der Waals surface area (Å²) in [5, 5.41) is 0. The second-order valence-corrected chi connectivity index (χ2v) is 6.25. The molecule has 0 saturated heterocycles. The van der Waals surface area contributed by atoms with E-state index in [9.17, 15) is 8.42 Å². The number of nitrogens with one attached hydrogen (secondary N) is 1. The molecule has 6 nitrogen and oxygen atoms in total. The molecule has 0 unspecified atom stereocenters. The molecule has 108 valence electrons. The fourth-order valence-corrected chi connectivity index (χ4v) is 2.42. The Morgan fingerprint density at radius 2 is 2.11 bits per heavy atom. The third-order valence-corrected chi connectivity index (χ3v) is 4.37. The Bertz CT molecular complexity index is 503. The Balaban J connectivity index is 2.39. The van der Waals surface area contributed by atoms with E-state index in [1.54, 1.807) is 24.3 Å². The summed E-state index contributed by atoms with van der Waals surface area (Å²) in [5.41, 5.74) is 6.22. The summed E-state index contributed by atoms with van der Waals surface area (Å²) in [4.78, 5) is 0. The Hall–Kier alpha value is -1.31. The van der Waals surface area contributed by atoms with Crippen molar-refractivity contribution in [1.82, 2.24) is 9.03 Å². The van der Waals surface area contributed by atoms with Gasteiger partial charge in [-0.05, 0) is 26.0 Å². The van der Waals surface area contributed by atoms with E-state index in [0.29, 0.717) is 11.4 Å². The third-order valence-electron chi connectivity index (χ3n) is 2.62. The summed E-state index contributed by atoms with van der Waals surface area (Å²) >= 11 is 0. The van der Waals surface area contributed by atoms with Crippen molar-refractivity contribution in [2.24, 2.45) is 0 Å². The fourth-order valence-electron chi connectivity index (χ4n) is 1.32. The van der Waals surface area contributed by atoms with Crippen molar-refractivity contribution in [3.63, 3.8) is 0 Å². The van der Waals surface area contributed by atoms with E-state index in [1.807, 2.05) is 13.8 Å². The van der Waals surface area contributed by atoms with Crippen LogP contribution in [0.3, 0.4) is 0 Å². The minimum absolute atomic E-state index is 0.0904. The Labute approximate surface area is 114 Å². The number of nitrogens with two attached hydrogens (primary N) is 1. The monoisotopic (exact) mass is 287 g/mol. The first-order valence-electron chi connectivity index (χ1n) is 6.04. The first kappa shape index (κ1) is 15.7. The highest BCUT2D eigenvalue weighted by molar-refractivity contribution is 7.87. The van der Waals surface area contributed by atoms with Gasteiger partial charge in [0.15, 0.2) is 0 Å². The van der Waals surface area contributed by atoms with Crippen LogP contribution >= 0.6 is 0 Å². The number of anilines is 1. The highest BCUT2D eigenvalue weighted by Crippen LogP contribution is 2.13. The smallest absolute Gasteiger partial charge is 0.279 e. The molecule has 0 aromatic heterocycles. The molecular weight excluding hydrogens is 266 g/mol. The van der Waals surface area contributed by atoms with Crippen molar-refractivity contribution < 1.29 is 13.2 Å². The van der Waals surface area contributed by atoms with E-state index in [1.165, 1.54) is 11.4 Å². The number of nitrogens with zero attached hydrogens (tertiary/aromatic N) is 1. The molecule has 0 aliphatic heterocycles. The predicted molar refractivity (Wildman–Crippen MR) is 76.2 cm³/mol. The summed E-state index contributed by atoms with van der Waals surface area (Å²) < 4.78 is 32.7. The lowest BCUT2D eigenvalue weighted by Crippen LogP contribution is -2.43. The minimum atomic E-state index is -3.44. The first-order chi connectivity index (χ1) is 8.83. The summed E-state index contributed by atoms with van der Waals surface area (Å²) in [6.45, 7) is 4.06. The molecular formula is C12H21N3O3S. The van der Waals surface area contributed by atoms with E-state index in [2.05, 4.69) is 4.72 Å². The predicted octanol–water partition coefficient (Wildman–Crippen LogP) is 0.822. The van der Waals surface area contributed by atoms with E-state index >= 15 is 0 Å². The lowest BCUT2D eigenvalue weighted by Gasteiger charge is -2.21. The van der Waals surface area contributed by atoms with E-state index < -0.39 is 10.2 Å². The van der Waals surface area contributed by atoms with Gasteiger partial charge in [-0.25, -0.2) is 0 Å². The van der Waals surface area contributed by atoms with Crippen LogP contribution in [0, 0.1) is 0 Å². The number of hydrogen-bond donors (Lipinski definition) is 2. The van der Waals surface area contributed by atoms with Gasteiger partial charge in [0.05, 0.1) is 0 Å². The van der Waals surface area contributed by atoms with Crippen molar-refractivity contribution in [2.75, 3.05) is 25.9 Å². The van der Waals surface area contributed by atoms with Gasteiger partial charge in [-0.2, -0.15) is 17.4 Å². The number of ether oxygens (including phenoxy) is 1. The molecule has 0 spiro atoms. The molecule has 0 aliphatic rings. The maximum atomic E-state index is 11.8. The lowest BCUT2D eigenvalue weighted by atomic mass is 10.3. The van der Waals surface area contributed by atoms with Gasteiger partial charge in [0.25, 0.3) is 10.2 Å². The number of benzene rings is 1. The first-order valence-corrected chi connectivity index (χ1v) is 7.48. The molecule has 0 atom stereocenters. The molecule has 3 N–H and O–H groups in total. The largest absolute Gasteiger partial charge is 0.492 e. The molecule has 0 fully saturated rings. The van der Waals surface area contributed by atoms with Crippen LogP contribution in [0.5, 0.6) is 5.75 Å². The lowest BCUT2D eigenvalue weighted by molar-refractivity contribution is 0.319. The Morgan fingerprint density at radius 1 is 1.42 bits per heavy atom. The van der Waals surface area contributed by atoms with Crippen molar-refractivity contribution >= 4 is 15.9 Å². The topological polar surface area (TPSA) is 84.7 Å². The average Bonchev–Trinajstić information content (AvgIpc) is 2.33. The summed E-state index contributed by atoms with van der Waals surface area (Å²) in [6, 6.07) is 6.90. The van der Waals surface area contributed by atoms with Crippen LogP contribution < -0.4 is 15.2 Å². The standard InChI is InChI=1S/C12H21N3O3S/c1-10(2)15(3)19(16,17)14-7-8-18-12-6-4-5-11(13)9-12/h4-6,9-10,14H,7-8,13H2,1-3H3. The highest BCUT2D eigenvalue weighted by Gasteiger charge is 2.19. The minimum Gasteiger partial charge on any atom is -0.492 e. The van der Waals surface area contributed by atoms with Crippen molar-refractivity contribution in [1.29, 1.82) is 0 Å². The molecule has 0 amide bonds. The van der Waals surface area contributed by atoms with Crippen LogP contribution in [0.4, 0.5) is 5.69 Å². The zero-order chi connectivity index (χ0) is 14.5. The second kappa shape index (κ2) is 6.74. The molecule has 0 radical (unpaired) electrons. The van der Waals surface area contributed by atoms with Crippen LogP contribution in [0.25, 0.3) is 0 Å². The molecule has 1 rings (SSSR count). The summed E-state index contributed by atoms with van der Waals surface area (Å²) in [5.74, 6) is 0.622. The zero-order valence-electron chi connectivity index (χ0n) is 11.5.